The van der Waals surface area contributed by atoms with Crippen molar-refractivity contribution in [1.82, 2.24) is 24.8 Å². The minimum absolute atomic E-state index is 0.0165. The molecular weight excluding hydrogens is 520 g/mol. The zero-order chi connectivity index (χ0) is 26.1. The van der Waals surface area contributed by atoms with E-state index in [-0.39, 0.29) is 5.91 Å². The number of ether oxygens (including phenoxy) is 1. The van der Waals surface area contributed by atoms with Crippen molar-refractivity contribution in [3.05, 3.63) is 83.4 Å². The number of aromatic amines is 1. The summed E-state index contributed by atoms with van der Waals surface area (Å²) in [5.74, 6) is 1.57. The lowest BCUT2D eigenvalue weighted by Gasteiger charge is -2.31. The number of thiophene rings is 1. The molecule has 6 rings (SSSR count). The average Bonchev–Trinajstić information content (AvgIpc) is 3.60. The Hall–Kier alpha value is -3.95. The number of nitrogens with zero attached hydrogens (tertiary/aromatic N) is 4. The molecule has 1 aliphatic rings. The number of pyridine rings is 1. The first kappa shape index (κ1) is 24.4. The molecule has 0 saturated carbocycles. The van der Waals surface area contributed by atoms with E-state index >= 15 is 0 Å². The highest BCUT2D eigenvalue weighted by Gasteiger charge is 2.26. The number of piperidine rings is 1. The van der Waals surface area contributed by atoms with E-state index in [1.165, 1.54) is 17.1 Å². The van der Waals surface area contributed by atoms with Crippen LogP contribution in [0.1, 0.15) is 30.0 Å². The van der Waals surface area contributed by atoms with Gasteiger partial charge < -0.3 is 19.9 Å². The molecule has 5 heterocycles. The van der Waals surface area contributed by atoms with E-state index in [9.17, 15) is 4.79 Å². The van der Waals surface area contributed by atoms with Gasteiger partial charge in [-0.2, -0.15) is 0 Å². The van der Waals surface area contributed by atoms with Gasteiger partial charge in [0, 0.05) is 41.3 Å². The third-order valence-corrected chi connectivity index (χ3v) is 8.06. The molecule has 1 fully saturated rings. The highest BCUT2D eigenvalue weighted by molar-refractivity contribution is 7.17. The third-order valence-electron chi connectivity index (χ3n) is 6.89. The lowest BCUT2D eigenvalue weighted by atomic mass is 9.89. The van der Waals surface area contributed by atoms with E-state index < -0.39 is 0 Å². The van der Waals surface area contributed by atoms with Crippen LogP contribution in [0.4, 0.5) is 11.5 Å². The van der Waals surface area contributed by atoms with Crippen LogP contribution in [0.2, 0.25) is 5.02 Å². The van der Waals surface area contributed by atoms with Gasteiger partial charge in [0.15, 0.2) is 0 Å². The number of hydrogen-bond donors (Lipinski definition) is 2. The number of hydrogen-bond acceptors (Lipinski definition) is 7. The number of carbonyl (C=O) groups excluding carboxylic acids is 1. The quantitative estimate of drug-likeness (QED) is 0.229. The van der Waals surface area contributed by atoms with Gasteiger partial charge >= 0.3 is 0 Å². The first-order valence-electron chi connectivity index (χ1n) is 12.3. The van der Waals surface area contributed by atoms with Crippen LogP contribution < -0.4 is 10.1 Å². The molecule has 0 radical (unpaired) electrons. The smallest absolute Gasteiger partial charge is 0.245 e. The fraction of sp³-hybridized carbons (Fsp3) is 0.214. The van der Waals surface area contributed by atoms with Gasteiger partial charge in [-0.1, -0.05) is 18.2 Å². The van der Waals surface area contributed by atoms with Crippen molar-refractivity contribution < 1.29 is 9.53 Å². The minimum atomic E-state index is -0.0165. The molecule has 4 aromatic heterocycles. The summed E-state index contributed by atoms with van der Waals surface area (Å²) in [6.07, 6.45) is 8.52. The Morgan fingerprint density at radius 2 is 2.11 bits per heavy atom. The number of benzene rings is 1. The predicted molar refractivity (Wildman–Crippen MR) is 151 cm³/mol. The second-order valence-corrected chi connectivity index (χ2v) is 10.5. The van der Waals surface area contributed by atoms with E-state index in [2.05, 4.69) is 43.3 Å². The van der Waals surface area contributed by atoms with Crippen molar-refractivity contribution in [2.24, 2.45) is 0 Å². The SMILES string of the molecule is C=CC(=O)N1CCC(c2c[nH]c3ncnc(Nc4ccc(OCc5cc6sccc6cn5)c(Cl)c4)c23)CC1. The molecule has 5 aromatic rings. The largest absolute Gasteiger partial charge is 0.486 e. The van der Waals surface area contributed by atoms with E-state index in [4.69, 9.17) is 16.3 Å². The van der Waals surface area contributed by atoms with Gasteiger partial charge in [-0.3, -0.25) is 9.78 Å². The minimum Gasteiger partial charge on any atom is -0.486 e. The molecule has 0 atom stereocenters. The summed E-state index contributed by atoms with van der Waals surface area (Å²) in [6, 6.07) is 9.68. The van der Waals surface area contributed by atoms with E-state index in [1.54, 1.807) is 11.3 Å². The number of anilines is 2. The van der Waals surface area contributed by atoms with Gasteiger partial charge in [-0.15, -0.1) is 11.3 Å². The Balaban J connectivity index is 1.18. The Kier molecular flexibility index (Phi) is 6.70. The van der Waals surface area contributed by atoms with E-state index in [0.717, 1.165) is 46.2 Å². The second-order valence-electron chi connectivity index (χ2n) is 9.19. The summed E-state index contributed by atoms with van der Waals surface area (Å²) in [7, 11) is 0. The van der Waals surface area contributed by atoms with Crippen LogP contribution in [0.3, 0.4) is 0 Å². The molecule has 0 bridgehead atoms. The fourth-order valence-electron chi connectivity index (χ4n) is 4.90. The summed E-state index contributed by atoms with van der Waals surface area (Å²) in [5, 5.41) is 8.03. The summed E-state index contributed by atoms with van der Waals surface area (Å²) in [6.45, 7) is 5.33. The van der Waals surface area contributed by atoms with Crippen LogP contribution in [0.15, 0.2) is 67.1 Å². The number of fused-ring (bicyclic) bond motifs is 2. The summed E-state index contributed by atoms with van der Waals surface area (Å²) < 4.78 is 7.14. The lowest BCUT2D eigenvalue weighted by Crippen LogP contribution is -2.36. The van der Waals surface area contributed by atoms with E-state index in [0.29, 0.717) is 42.2 Å². The van der Waals surface area contributed by atoms with Crippen molar-refractivity contribution in [2.45, 2.75) is 25.4 Å². The summed E-state index contributed by atoms with van der Waals surface area (Å²) >= 11 is 8.26. The molecular formula is C28H25ClN6O2S. The zero-order valence-electron chi connectivity index (χ0n) is 20.5. The Labute approximate surface area is 228 Å². The van der Waals surface area contributed by atoms with Crippen molar-refractivity contribution >= 4 is 61.5 Å². The van der Waals surface area contributed by atoms with Gasteiger partial charge in [0.2, 0.25) is 5.91 Å². The maximum atomic E-state index is 12.0. The maximum Gasteiger partial charge on any atom is 0.245 e. The number of rotatable bonds is 7. The monoisotopic (exact) mass is 544 g/mol. The van der Waals surface area contributed by atoms with Crippen LogP contribution in [-0.2, 0) is 11.4 Å². The topological polar surface area (TPSA) is 96.0 Å². The van der Waals surface area contributed by atoms with Crippen molar-refractivity contribution in [3.8, 4) is 5.75 Å². The molecule has 38 heavy (non-hydrogen) atoms. The highest BCUT2D eigenvalue weighted by atomic mass is 35.5. The zero-order valence-corrected chi connectivity index (χ0v) is 22.1. The van der Waals surface area contributed by atoms with Crippen LogP contribution in [-0.4, -0.2) is 43.8 Å². The van der Waals surface area contributed by atoms with Gasteiger partial charge in [-0.25, -0.2) is 9.97 Å². The molecule has 192 valence electrons. The average molecular weight is 545 g/mol. The van der Waals surface area contributed by atoms with Crippen molar-refractivity contribution in [2.75, 3.05) is 18.4 Å². The maximum absolute atomic E-state index is 12.0. The van der Waals surface area contributed by atoms with Gasteiger partial charge in [-0.05, 0) is 66.1 Å². The number of nitrogens with one attached hydrogen (secondary N) is 2. The highest BCUT2D eigenvalue weighted by Crippen LogP contribution is 2.37. The molecule has 8 nitrogen and oxygen atoms in total. The molecule has 1 saturated heterocycles. The molecule has 0 unspecified atom stereocenters. The number of amides is 1. The van der Waals surface area contributed by atoms with Crippen LogP contribution in [0, 0.1) is 0 Å². The van der Waals surface area contributed by atoms with Crippen LogP contribution in [0.5, 0.6) is 5.75 Å². The Bertz CT molecular complexity index is 1640. The molecule has 1 amide bonds. The van der Waals surface area contributed by atoms with Gasteiger partial charge in [0.1, 0.15) is 30.1 Å². The van der Waals surface area contributed by atoms with E-state index in [1.807, 2.05) is 41.6 Å². The molecule has 0 spiro atoms. The molecule has 10 heteroatoms. The number of halogens is 1. The normalized spacial score (nSPS) is 14.2. The molecule has 0 aliphatic carbocycles. The number of aromatic nitrogens is 4. The van der Waals surface area contributed by atoms with Gasteiger partial charge in [0.25, 0.3) is 0 Å². The van der Waals surface area contributed by atoms with Crippen molar-refractivity contribution in [1.29, 1.82) is 0 Å². The standard InChI is InChI=1S/C28H25ClN6O2S/c1-2-25(36)35-8-5-17(6-9-35)21-14-31-27-26(21)28(33-16-32-27)34-19-3-4-23(22(29)11-19)37-15-20-12-24-18(13-30-20)7-10-38-24/h2-4,7,10-14,16-17H,1,5-6,8-9,15H2,(H2,31,32,33,34). The first-order valence-corrected chi connectivity index (χ1v) is 13.6. The van der Waals surface area contributed by atoms with Crippen LogP contribution in [0.25, 0.3) is 21.1 Å². The summed E-state index contributed by atoms with van der Waals surface area (Å²) in [5.41, 5.74) is 3.55. The summed E-state index contributed by atoms with van der Waals surface area (Å²) in [4.78, 5) is 30.5. The van der Waals surface area contributed by atoms with Crippen LogP contribution >= 0.6 is 22.9 Å². The number of likely N-dealkylation sites (tertiary alicyclic amines) is 1. The molecule has 1 aliphatic heterocycles. The number of carbonyl (C=O) groups is 1. The number of H-pyrrole nitrogens is 1. The molecule has 2 N–H and O–H groups in total. The molecule has 1 aromatic carbocycles. The fourth-order valence-corrected chi connectivity index (χ4v) is 5.96. The lowest BCUT2D eigenvalue weighted by molar-refractivity contribution is -0.127. The van der Waals surface area contributed by atoms with Gasteiger partial charge in [0.05, 0.1) is 16.1 Å². The third kappa shape index (κ3) is 4.82. The van der Waals surface area contributed by atoms with Crippen molar-refractivity contribution in [3.63, 3.8) is 0 Å². The Morgan fingerprint density at radius 1 is 1.24 bits per heavy atom. The Morgan fingerprint density at radius 3 is 2.92 bits per heavy atom. The predicted octanol–water partition coefficient (Wildman–Crippen LogP) is 6.44. The second kappa shape index (κ2) is 10.4. The first-order chi connectivity index (χ1) is 18.6.